The number of aromatic nitrogens is 11. The molecule has 2 bridgehead atoms. The molecule has 0 aliphatic carbocycles. The van der Waals surface area contributed by atoms with E-state index in [1.54, 1.807) is 105 Å². The molecule has 2 unspecified atom stereocenters. The van der Waals surface area contributed by atoms with Gasteiger partial charge in [-0.15, -0.1) is 19.3 Å². The lowest BCUT2D eigenvalue weighted by atomic mass is 9.87. The van der Waals surface area contributed by atoms with Crippen LogP contribution in [0.5, 0.6) is 23.3 Å². The van der Waals surface area contributed by atoms with Crippen LogP contribution < -0.4 is 23.8 Å². The topological polar surface area (TPSA) is 261 Å². The number of methoxy groups -OCH3 is 2. The second-order valence-electron chi connectivity index (χ2n) is 31.8. The molecule has 3 saturated heterocycles. The lowest BCUT2D eigenvalue weighted by molar-refractivity contribution is -0.132. The van der Waals surface area contributed by atoms with E-state index >= 15 is 0 Å². The fraction of sp³-hybridized carbons (Fsp3) is 0.312. The highest BCUT2D eigenvalue weighted by atomic mass is 16.5. The van der Waals surface area contributed by atoms with Gasteiger partial charge in [-0.1, -0.05) is 78.4 Å². The molecule has 0 saturated carbocycles. The summed E-state index contributed by atoms with van der Waals surface area (Å²) in [5, 5.41) is 43.7. The van der Waals surface area contributed by atoms with Gasteiger partial charge >= 0.3 is 0 Å². The third-order valence-corrected chi connectivity index (χ3v) is 21.3. The number of rotatable bonds is 22. The van der Waals surface area contributed by atoms with Gasteiger partial charge in [0.25, 0.3) is 5.91 Å². The molecule has 3 N–H and O–H groups in total. The van der Waals surface area contributed by atoms with Crippen LogP contribution in [0.4, 0.5) is 5.82 Å². The van der Waals surface area contributed by atoms with E-state index in [9.17, 15) is 24.9 Å². The zero-order valence-electron chi connectivity index (χ0n) is 67.3. The monoisotopic (exact) mass is 1570 g/mol. The Labute approximate surface area is 681 Å². The first-order valence-electron chi connectivity index (χ1n) is 39.1. The van der Waals surface area contributed by atoms with Gasteiger partial charge in [-0.3, -0.25) is 24.5 Å². The predicted octanol–water partition coefficient (Wildman–Crippen LogP) is 12.8. The Kier molecular flexibility index (Phi) is 23.8. The van der Waals surface area contributed by atoms with Crippen molar-refractivity contribution in [2.45, 2.75) is 122 Å². The smallest absolute Gasteiger partial charge is 0.255 e. The number of aryl methyl sites for hydroxylation is 1. The molecule has 16 heterocycles. The van der Waals surface area contributed by atoms with Gasteiger partial charge in [-0.25, -0.2) is 28.5 Å². The van der Waals surface area contributed by atoms with Gasteiger partial charge in [0, 0.05) is 141 Å². The van der Waals surface area contributed by atoms with E-state index in [4.69, 9.17) is 53.2 Å². The van der Waals surface area contributed by atoms with Gasteiger partial charge in [-0.05, 0) is 157 Å². The van der Waals surface area contributed by atoms with Crippen LogP contribution in [0.25, 0.3) is 61.1 Å². The quantitative estimate of drug-likeness (QED) is 0.0533. The fourth-order valence-electron chi connectivity index (χ4n) is 15.0. The van der Waals surface area contributed by atoms with Crippen LogP contribution in [-0.4, -0.2) is 191 Å². The molecule has 0 spiro atoms. The molecule has 2 amide bonds. The fourth-order valence-corrected chi connectivity index (χ4v) is 15.0. The standard InChI is InChI=1S/C32H32N4O3.C31H34N6O2.C30H29N5O4/c1-5-23-19-34-36-20-27(39-21-32(3,4)38)17-28(30(23)36)26-11-12-29(33-18-26)25-13-15-35(16-14-25)31(37)22(2)24-9-7-6-8-10-24;1-5-23-16-34-37-18-21(10-11-31(2,3)38)12-27(30(23)37)24-7-8-28(32-15-24)35-19-25-13-26(20-35)36(25)17-22-6-9-29(39-4)33-14-22;1-5-20-17-33-35-18-24(39-19-30(2,3)37)14-25(28(20)35)22-6-8-26(31-15-22)21-10-12-34(13-11-21)29(36)23-7-9-27(38-4)32-16-23/h1,6-13,17-20,22,38H,14-16,21H2,2-4H3;1,6-9,12,14-16,18,25-26,38H,10-11,13,17,19-20H2,2-4H3;1,6-10,14-18,37H,11-13,19H2,2-4H3/t22-;;/m1../s1. The number of piperazine rings is 1. The summed E-state index contributed by atoms with van der Waals surface area (Å²) < 4.78 is 27.2. The first kappa shape index (κ1) is 80.6. The molecule has 0 radical (unpaired) electrons. The molecule has 24 nitrogen and oxygen atoms in total. The van der Waals surface area contributed by atoms with Crippen molar-refractivity contribution in [3.8, 4) is 93.7 Å². The van der Waals surface area contributed by atoms with Crippen LogP contribution in [0.2, 0.25) is 0 Å². The van der Waals surface area contributed by atoms with Crippen LogP contribution in [-0.2, 0) is 17.8 Å². The lowest BCUT2D eigenvalue weighted by Gasteiger charge is -2.56. The van der Waals surface area contributed by atoms with E-state index in [-0.39, 0.29) is 30.9 Å². The maximum absolute atomic E-state index is 13.0. The number of benzene rings is 1. The average molecular weight is 1570 g/mol. The highest BCUT2D eigenvalue weighted by molar-refractivity contribution is 5.95. The maximum atomic E-state index is 13.0. The van der Waals surface area contributed by atoms with Crippen molar-refractivity contribution in [2.75, 3.05) is 71.6 Å². The summed E-state index contributed by atoms with van der Waals surface area (Å²) in [6.07, 6.45) is 45.0. The van der Waals surface area contributed by atoms with Crippen LogP contribution >= 0.6 is 0 Å². The van der Waals surface area contributed by atoms with Crippen molar-refractivity contribution >= 4 is 45.3 Å². The summed E-state index contributed by atoms with van der Waals surface area (Å²) in [6, 6.07) is 36.5. The van der Waals surface area contributed by atoms with Gasteiger partial charge < -0.3 is 49.0 Å². The van der Waals surface area contributed by atoms with Crippen LogP contribution in [0.1, 0.15) is 135 Å². The van der Waals surface area contributed by atoms with Crippen LogP contribution in [0.15, 0.2) is 190 Å². The van der Waals surface area contributed by atoms with Gasteiger partial charge in [0.15, 0.2) is 0 Å². The Balaban J connectivity index is 0.000000144. The number of amides is 2. The second kappa shape index (κ2) is 34.6. The minimum absolute atomic E-state index is 0.0652. The number of aliphatic hydroxyl groups is 3. The highest BCUT2D eigenvalue weighted by Gasteiger charge is 2.45. The van der Waals surface area contributed by atoms with Crippen molar-refractivity contribution in [2.24, 2.45) is 0 Å². The first-order valence-corrected chi connectivity index (χ1v) is 39.1. The van der Waals surface area contributed by atoms with Crippen molar-refractivity contribution in [1.82, 2.24) is 68.5 Å². The van der Waals surface area contributed by atoms with Gasteiger partial charge in [-0.2, -0.15) is 15.3 Å². The number of carbonyl (C=O) groups excluding carboxylic acids is 2. The van der Waals surface area contributed by atoms with Gasteiger partial charge in [0.1, 0.15) is 30.5 Å². The summed E-state index contributed by atoms with van der Waals surface area (Å²) in [5.74, 6) is 11.3. The minimum Gasteiger partial charge on any atom is -0.489 e. The molecule has 11 aromatic heterocycles. The summed E-state index contributed by atoms with van der Waals surface area (Å²) in [6.45, 7) is 17.8. The molecule has 596 valence electrons. The second-order valence-corrected chi connectivity index (χ2v) is 31.8. The number of terminal acetylenes is 3. The van der Waals surface area contributed by atoms with Crippen LogP contribution in [0.3, 0.4) is 0 Å². The highest BCUT2D eigenvalue weighted by Crippen LogP contribution is 2.39. The number of fused-ring (bicyclic) bond motifs is 5. The van der Waals surface area contributed by atoms with E-state index in [1.165, 1.54) is 18.2 Å². The third-order valence-electron chi connectivity index (χ3n) is 21.3. The number of piperidine rings is 1. The normalized spacial score (nSPS) is 15.8. The summed E-state index contributed by atoms with van der Waals surface area (Å²) in [4.78, 5) is 57.4. The summed E-state index contributed by atoms with van der Waals surface area (Å²) in [5.41, 5.74) is 15.1. The number of hydrogen-bond acceptors (Lipinski definition) is 19. The number of hydrogen-bond donors (Lipinski definition) is 3. The minimum atomic E-state index is -0.980. The molecule has 117 heavy (non-hydrogen) atoms. The molecule has 24 heteroatoms. The van der Waals surface area contributed by atoms with Crippen molar-refractivity contribution in [3.63, 3.8) is 0 Å². The third kappa shape index (κ3) is 18.9. The molecule has 5 aliphatic rings. The summed E-state index contributed by atoms with van der Waals surface area (Å²) in [7, 11) is 3.18. The zero-order chi connectivity index (χ0) is 82.3. The largest absolute Gasteiger partial charge is 0.489 e. The molecular formula is C93H95N15O9. The van der Waals surface area contributed by atoms with Crippen molar-refractivity contribution in [1.29, 1.82) is 0 Å². The van der Waals surface area contributed by atoms with E-state index in [0.717, 1.165) is 127 Å². The Bertz CT molecular complexity index is 5770. The van der Waals surface area contributed by atoms with Crippen LogP contribution in [0, 0.1) is 37.0 Å². The molecule has 1 aromatic carbocycles. The summed E-state index contributed by atoms with van der Waals surface area (Å²) >= 11 is 0. The Morgan fingerprint density at radius 3 is 1.47 bits per heavy atom. The maximum Gasteiger partial charge on any atom is 0.255 e. The average Bonchev–Trinajstić information content (AvgIpc) is 1.44. The molecular weight excluding hydrogens is 1470 g/mol. The number of pyridine rings is 8. The Hall–Kier alpha value is -13.0. The van der Waals surface area contributed by atoms with E-state index in [0.29, 0.717) is 91.1 Å². The Morgan fingerprint density at radius 2 is 1.03 bits per heavy atom. The zero-order valence-corrected chi connectivity index (χ0v) is 67.3. The van der Waals surface area contributed by atoms with Gasteiger partial charge in [0.2, 0.25) is 17.7 Å². The SMILES string of the molecule is C#Cc1cnn2cc(CCC(C)(C)O)cc(-c3ccc(N4CC5CC(C4)N5Cc4ccc(OC)nc4)nc3)c12.C#Cc1cnn2cc(OCC(C)(C)O)cc(-c3ccc(C4=CCN(C(=O)[C@H](C)c5ccccc5)CC4)nc3)c12.C#Cc1cnn2cc(OCC(C)(C)O)cc(-c3ccc(C4=CCN(C(=O)c5ccc(OC)nc5)CC4)nc3)c12. The lowest BCUT2D eigenvalue weighted by Crippen LogP contribution is -2.68. The Morgan fingerprint density at radius 1 is 0.538 bits per heavy atom. The van der Waals surface area contributed by atoms with Gasteiger partial charge in [0.05, 0.1) is 118 Å². The van der Waals surface area contributed by atoms with Crippen molar-refractivity contribution < 1.29 is 43.9 Å². The van der Waals surface area contributed by atoms with Crippen molar-refractivity contribution in [3.05, 3.63) is 240 Å². The van der Waals surface area contributed by atoms with E-state index < -0.39 is 16.8 Å². The molecule has 3 fully saturated rings. The first-order chi connectivity index (χ1) is 56.3. The molecule has 5 aliphatic heterocycles. The number of carbonyl (C=O) groups is 2. The number of ether oxygens (including phenoxy) is 4. The molecule has 17 rings (SSSR count). The molecule has 12 aromatic rings. The number of nitrogens with zero attached hydrogens (tertiary/aromatic N) is 15. The predicted molar refractivity (Wildman–Crippen MR) is 451 cm³/mol. The van der Waals surface area contributed by atoms with E-state index in [1.807, 2.05) is 134 Å². The molecule has 3 atom stereocenters. The van der Waals surface area contributed by atoms with E-state index in [2.05, 4.69) is 83.2 Å². The number of anilines is 1.